The highest BCUT2D eigenvalue weighted by Crippen LogP contribution is 2.29. The number of benzene rings is 3. The molecular formula is C21H11N3O2. The van der Waals surface area contributed by atoms with Gasteiger partial charge in [-0.25, -0.2) is 4.79 Å². The summed E-state index contributed by atoms with van der Waals surface area (Å²) in [6.07, 6.45) is 5.44. The molecule has 0 unspecified atom stereocenters. The summed E-state index contributed by atoms with van der Waals surface area (Å²) in [5.41, 5.74) is 2.20. The monoisotopic (exact) mass is 337 g/mol. The Morgan fingerprint density at radius 2 is 1.96 bits per heavy atom. The summed E-state index contributed by atoms with van der Waals surface area (Å²) >= 11 is 0. The average Bonchev–Trinajstić information content (AvgIpc) is 3.30. The van der Waals surface area contributed by atoms with Crippen molar-refractivity contribution in [1.82, 2.24) is 0 Å². The van der Waals surface area contributed by atoms with Gasteiger partial charge in [-0.3, -0.25) is 0 Å². The van der Waals surface area contributed by atoms with Crippen LogP contribution in [0.15, 0.2) is 52.7 Å². The zero-order chi connectivity index (χ0) is 17.7. The average molecular weight is 337 g/mol. The van der Waals surface area contributed by atoms with Gasteiger partial charge < -0.3 is 4.74 Å². The number of nitriles is 1. The van der Waals surface area contributed by atoms with Gasteiger partial charge in [0, 0.05) is 5.22 Å². The fraction of sp³-hybridized carbons (Fsp3) is 0.0476. The lowest BCUT2D eigenvalue weighted by atomic mass is 9.96. The van der Waals surface area contributed by atoms with Gasteiger partial charge in [0.2, 0.25) is 0 Å². The second kappa shape index (κ2) is 5.36. The maximum atomic E-state index is 12.2. The summed E-state index contributed by atoms with van der Waals surface area (Å²) in [5, 5.41) is 23.1. The minimum atomic E-state index is -0.475. The van der Waals surface area contributed by atoms with Gasteiger partial charge in [0.25, 0.3) is 0 Å². The second-order valence-corrected chi connectivity index (χ2v) is 6.15. The molecule has 3 aromatic carbocycles. The molecule has 122 valence electrons. The number of rotatable bonds is 2. The summed E-state index contributed by atoms with van der Waals surface area (Å²) in [7, 11) is 0. The Kier molecular flexibility index (Phi) is 3.00. The summed E-state index contributed by atoms with van der Waals surface area (Å²) < 4.78 is 4.95. The first-order chi connectivity index (χ1) is 12.8. The standard InChI is InChI=1S/C21H11N3O2/c22-7-8-26-21(25)18-6-5-15-14-2-1-12-10-20-13(11-23-24-20)9-19(12)17(14)4-3-16(15)18/h1-6,9-11H,8H2. The van der Waals surface area contributed by atoms with Crippen molar-refractivity contribution in [2.24, 2.45) is 10.2 Å². The van der Waals surface area contributed by atoms with Crippen molar-refractivity contribution in [3.63, 3.8) is 0 Å². The smallest absolute Gasteiger partial charge is 0.339 e. The molecule has 0 N–H and O–H groups in total. The maximum absolute atomic E-state index is 12.2. The number of azo groups is 1. The van der Waals surface area contributed by atoms with Crippen molar-refractivity contribution in [1.29, 1.82) is 5.26 Å². The van der Waals surface area contributed by atoms with Crippen molar-refractivity contribution >= 4 is 51.1 Å². The predicted molar refractivity (Wildman–Crippen MR) is 98.7 cm³/mol. The van der Waals surface area contributed by atoms with E-state index < -0.39 is 5.97 Å². The molecule has 0 saturated carbocycles. The van der Waals surface area contributed by atoms with E-state index >= 15 is 0 Å². The maximum Gasteiger partial charge on any atom is 0.339 e. The third kappa shape index (κ3) is 1.99. The van der Waals surface area contributed by atoms with Crippen molar-refractivity contribution in [2.75, 3.05) is 6.61 Å². The molecule has 0 atom stereocenters. The van der Waals surface area contributed by atoms with Crippen molar-refractivity contribution in [3.8, 4) is 6.07 Å². The molecule has 0 radical (unpaired) electrons. The number of nitrogens with zero attached hydrogens (tertiary/aromatic N) is 3. The van der Waals surface area contributed by atoms with E-state index in [1.165, 1.54) is 0 Å². The van der Waals surface area contributed by atoms with Gasteiger partial charge in [0.1, 0.15) is 6.07 Å². The van der Waals surface area contributed by atoms with Crippen molar-refractivity contribution in [2.45, 2.75) is 0 Å². The first-order valence-electron chi connectivity index (χ1n) is 8.13. The van der Waals surface area contributed by atoms with Crippen LogP contribution in [-0.2, 0) is 9.53 Å². The van der Waals surface area contributed by atoms with Crippen LogP contribution in [0.3, 0.4) is 0 Å². The van der Waals surface area contributed by atoms with Gasteiger partial charge in [0.05, 0.1) is 17.5 Å². The largest absolute Gasteiger partial charge is 0.447 e. The Hall–Kier alpha value is -3.78. The number of allylic oxidation sites excluding steroid dienone is 1. The van der Waals surface area contributed by atoms with Crippen LogP contribution in [0.1, 0.15) is 5.56 Å². The molecule has 1 aliphatic carbocycles. The van der Waals surface area contributed by atoms with E-state index in [1.54, 1.807) is 12.3 Å². The van der Waals surface area contributed by atoms with Gasteiger partial charge in [-0.1, -0.05) is 30.3 Å². The number of ether oxygens (including phenoxy) is 1. The minimum Gasteiger partial charge on any atom is -0.447 e. The highest BCUT2D eigenvalue weighted by atomic mass is 16.5. The second-order valence-electron chi connectivity index (χ2n) is 6.15. The molecule has 1 aliphatic heterocycles. The Labute approximate surface area is 147 Å². The van der Waals surface area contributed by atoms with E-state index in [0.29, 0.717) is 5.57 Å². The van der Waals surface area contributed by atoms with E-state index in [9.17, 15) is 4.79 Å². The molecular weight excluding hydrogens is 326 g/mol. The number of carbonyl (C=O) groups excluding carboxylic acids is 1. The summed E-state index contributed by atoms with van der Waals surface area (Å²) in [5.74, 6) is -0.475. The number of esters is 1. The Morgan fingerprint density at radius 1 is 1.08 bits per heavy atom. The lowest BCUT2D eigenvalue weighted by molar-refractivity contribution is -0.135. The molecule has 0 fully saturated rings. The zero-order valence-corrected chi connectivity index (χ0v) is 13.6. The van der Waals surface area contributed by atoms with Gasteiger partial charge in [-0.05, 0) is 50.5 Å². The van der Waals surface area contributed by atoms with Crippen LogP contribution in [-0.4, -0.2) is 12.6 Å². The van der Waals surface area contributed by atoms with Crippen LogP contribution in [0.2, 0.25) is 0 Å². The Morgan fingerprint density at radius 3 is 2.85 bits per heavy atom. The summed E-state index contributed by atoms with van der Waals surface area (Å²) in [6.45, 7) is -0.249. The molecule has 26 heavy (non-hydrogen) atoms. The van der Waals surface area contributed by atoms with Crippen LogP contribution in [0.4, 0.5) is 5.69 Å². The highest BCUT2D eigenvalue weighted by Gasteiger charge is 2.19. The number of hydrogen-bond donors (Lipinski definition) is 0. The van der Waals surface area contributed by atoms with E-state index in [-0.39, 0.29) is 6.61 Å². The molecule has 1 heterocycles. The van der Waals surface area contributed by atoms with Crippen molar-refractivity contribution in [3.05, 3.63) is 58.5 Å². The van der Waals surface area contributed by atoms with Gasteiger partial charge >= 0.3 is 5.97 Å². The fourth-order valence-electron chi connectivity index (χ4n) is 3.58. The molecule has 5 rings (SSSR count). The minimum absolute atomic E-state index is 0.249. The van der Waals surface area contributed by atoms with Gasteiger partial charge in [-0.15, -0.1) is 0 Å². The quantitative estimate of drug-likeness (QED) is 0.533. The third-order valence-electron chi connectivity index (χ3n) is 4.76. The van der Waals surface area contributed by atoms with Crippen LogP contribution < -0.4 is 10.4 Å². The van der Waals surface area contributed by atoms with E-state index in [1.807, 2.05) is 30.3 Å². The predicted octanol–water partition coefficient (Wildman–Crippen LogP) is 3.07. The van der Waals surface area contributed by atoms with Gasteiger partial charge in [-0.2, -0.15) is 15.5 Å². The van der Waals surface area contributed by atoms with Crippen LogP contribution in [0.5, 0.6) is 0 Å². The number of carbonyl (C=O) groups is 1. The van der Waals surface area contributed by atoms with E-state index in [4.69, 9.17) is 10.00 Å². The first-order valence-corrected chi connectivity index (χ1v) is 8.13. The molecule has 0 spiro atoms. The van der Waals surface area contributed by atoms with E-state index in [2.05, 4.69) is 28.4 Å². The Balaban J connectivity index is 1.71. The van der Waals surface area contributed by atoms with E-state index in [0.717, 1.165) is 43.2 Å². The van der Waals surface area contributed by atoms with Crippen LogP contribution in [0.25, 0.3) is 39.4 Å². The van der Waals surface area contributed by atoms with Crippen molar-refractivity contribution < 1.29 is 9.53 Å². The fourth-order valence-corrected chi connectivity index (χ4v) is 3.58. The summed E-state index contributed by atoms with van der Waals surface area (Å²) in [4.78, 5) is 12.2. The molecule has 0 amide bonds. The molecule has 0 bridgehead atoms. The van der Waals surface area contributed by atoms with Crippen LogP contribution in [0, 0.1) is 11.3 Å². The summed E-state index contributed by atoms with van der Waals surface area (Å²) in [6, 6.07) is 14.0. The number of hydrogen-bond acceptors (Lipinski definition) is 5. The molecule has 5 heteroatoms. The molecule has 2 aliphatic rings. The molecule has 3 aromatic rings. The highest BCUT2D eigenvalue weighted by molar-refractivity contribution is 6.21. The van der Waals surface area contributed by atoms with Crippen LogP contribution >= 0.6 is 0 Å². The Bertz CT molecular complexity index is 1360. The lowest BCUT2D eigenvalue weighted by Crippen LogP contribution is -2.12. The van der Waals surface area contributed by atoms with Gasteiger partial charge in [0.15, 0.2) is 6.61 Å². The third-order valence-corrected chi connectivity index (χ3v) is 4.76. The first kappa shape index (κ1) is 14.6. The zero-order valence-electron chi connectivity index (χ0n) is 13.6. The topological polar surface area (TPSA) is 74.8 Å². The normalized spacial score (nSPS) is 13.6. The SMILES string of the molecule is N#CCOC(=O)C1=CC=c2c1ccc1c2ccc2cc3c(cc21)=CN=N3. The molecule has 0 saturated heterocycles. The molecule has 5 nitrogen and oxygen atoms in total. The molecule has 0 aromatic heterocycles. The lowest BCUT2D eigenvalue weighted by Gasteiger charge is -2.08. The number of fused-ring (bicyclic) bond motifs is 6.